The number of fused-ring (bicyclic) bond motifs is 1. The van der Waals surface area contributed by atoms with Gasteiger partial charge in [-0.15, -0.1) is 11.3 Å². The number of methoxy groups -OCH3 is 1. The van der Waals surface area contributed by atoms with Gasteiger partial charge >= 0.3 is 0 Å². The Morgan fingerprint density at radius 3 is 2.70 bits per heavy atom. The molecule has 0 aliphatic rings. The van der Waals surface area contributed by atoms with Crippen molar-refractivity contribution in [2.75, 3.05) is 27.7 Å². The van der Waals surface area contributed by atoms with E-state index in [0.717, 1.165) is 26.5 Å². The molecule has 3 aromatic rings. The van der Waals surface area contributed by atoms with E-state index in [0.29, 0.717) is 6.54 Å². The minimum Gasteiger partial charge on any atom is -0.496 e. The van der Waals surface area contributed by atoms with E-state index in [1.165, 1.54) is 4.90 Å². The summed E-state index contributed by atoms with van der Waals surface area (Å²) in [6, 6.07) is 16.0. The molecule has 3 rings (SSSR count). The lowest BCUT2D eigenvalue weighted by atomic mass is 10.0. The lowest BCUT2D eigenvalue weighted by Gasteiger charge is -2.23. The van der Waals surface area contributed by atoms with Crippen molar-refractivity contribution < 1.29 is 14.4 Å². The third-order valence-corrected chi connectivity index (χ3v) is 5.38. The van der Waals surface area contributed by atoms with Gasteiger partial charge in [0.15, 0.2) is 0 Å². The van der Waals surface area contributed by atoms with E-state index < -0.39 is 0 Å². The molecule has 1 amide bonds. The summed E-state index contributed by atoms with van der Waals surface area (Å²) in [5.41, 5.74) is 2.03. The van der Waals surface area contributed by atoms with Crippen LogP contribution in [0.3, 0.4) is 0 Å². The molecule has 140 valence electrons. The van der Waals surface area contributed by atoms with Gasteiger partial charge in [0.1, 0.15) is 16.8 Å². The Hall–Kier alpha value is -2.70. The Morgan fingerprint density at radius 1 is 1.22 bits per heavy atom. The van der Waals surface area contributed by atoms with Gasteiger partial charge in [-0.3, -0.25) is 4.79 Å². The summed E-state index contributed by atoms with van der Waals surface area (Å²) >= 11 is 1.57. The van der Waals surface area contributed by atoms with Crippen LogP contribution >= 0.6 is 11.3 Å². The number of likely N-dealkylation sites (N-methyl/N-ethyl adjacent to an activating group) is 1. The van der Waals surface area contributed by atoms with Gasteiger partial charge in [-0.1, -0.05) is 24.3 Å². The summed E-state index contributed by atoms with van der Waals surface area (Å²) in [7, 11) is 5.81. The quantitative estimate of drug-likeness (QED) is 0.617. The number of nitrogens with one attached hydrogen (secondary N) is 2. The van der Waals surface area contributed by atoms with Crippen LogP contribution in [0.2, 0.25) is 0 Å². The molecule has 5 nitrogen and oxygen atoms in total. The Balaban J connectivity index is 1.65. The molecule has 0 unspecified atom stereocenters. The van der Waals surface area contributed by atoms with Gasteiger partial charge in [0.2, 0.25) is 5.91 Å². The Morgan fingerprint density at radius 2 is 1.96 bits per heavy atom. The molecular formula is C21H24N3O2S+. The molecule has 0 aliphatic carbocycles. The number of rotatable bonds is 7. The predicted octanol–water partition coefficient (Wildman–Crippen LogP) is 2.32. The van der Waals surface area contributed by atoms with Gasteiger partial charge < -0.3 is 15.0 Å². The maximum Gasteiger partial charge on any atom is 0.244 e. The lowest BCUT2D eigenvalue weighted by Crippen LogP contribution is -3.07. The second-order valence-electron chi connectivity index (χ2n) is 6.47. The number of ether oxygens (including phenoxy) is 1. The normalized spacial score (nSPS) is 12.6. The number of carbonyl (C=O) groups excluding carboxylic acids is 1. The van der Waals surface area contributed by atoms with Gasteiger partial charge in [-0.2, -0.15) is 0 Å². The van der Waals surface area contributed by atoms with E-state index in [1.54, 1.807) is 30.6 Å². The maximum absolute atomic E-state index is 12.3. The molecular weight excluding hydrogens is 358 g/mol. The average molecular weight is 383 g/mol. The summed E-state index contributed by atoms with van der Waals surface area (Å²) in [5.74, 6) is 0.707. The van der Waals surface area contributed by atoms with E-state index in [1.807, 2.05) is 48.5 Å². The molecule has 27 heavy (non-hydrogen) atoms. The molecule has 0 aliphatic heterocycles. The van der Waals surface area contributed by atoms with Gasteiger partial charge in [-0.05, 0) is 30.3 Å². The highest BCUT2D eigenvalue weighted by molar-refractivity contribution is 7.19. The molecule has 1 aromatic heterocycles. The fourth-order valence-corrected chi connectivity index (χ4v) is 3.82. The Bertz CT molecular complexity index is 916. The van der Waals surface area contributed by atoms with Gasteiger partial charge in [0, 0.05) is 6.08 Å². The zero-order chi connectivity index (χ0) is 19.2. The maximum atomic E-state index is 12.3. The highest BCUT2D eigenvalue weighted by atomic mass is 32.1. The van der Waals surface area contributed by atoms with Crippen molar-refractivity contribution in [3.8, 4) is 5.75 Å². The number of benzene rings is 2. The number of hydrogen-bond donors (Lipinski definition) is 2. The van der Waals surface area contributed by atoms with Crippen LogP contribution in [-0.2, 0) is 4.79 Å². The van der Waals surface area contributed by atoms with Crippen molar-refractivity contribution >= 4 is 33.5 Å². The van der Waals surface area contributed by atoms with Crippen LogP contribution < -0.4 is 15.0 Å². The van der Waals surface area contributed by atoms with E-state index in [4.69, 9.17) is 4.74 Å². The third kappa shape index (κ3) is 4.72. The molecule has 0 spiro atoms. The summed E-state index contributed by atoms with van der Waals surface area (Å²) in [6.45, 7) is 0.520. The smallest absolute Gasteiger partial charge is 0.244 e. The number of aromatic nitrogens is 1. The second kappa shape index (κ2) is 8.79. The Kier molecular flexibility index (Phi) is 6.21. The molecule has 0 radical (unpaired) electrons. The molecule has 2 aromatic carbocycles. The fraction of sp³-hybridized carbons (Fsp3) is 0.238. The van der Waals surface area contributed by atoms with Crippen LogP contribution in [0, 0.1) is 0 Å². The number of carbonyl (C=O) groups is 1. The second-order valence-corrected chi connectivity index (χ2v) is 7.53. The van der Waals surface area contributed by atoms with Crippen molar-refractivity contribution in [1.29, 1.82) is 0 Å². The zero-order valence-electron chi connectivity index (χ0n) is 15.7. The van der Waals surface area contributed by atoms with Crippen LogP contribution in [0.5, 0.6) is 5.75 Å². The van der Waals surface area contributed by atoms with Crippen molar-refractivity contribution in [2.45, 2.75) is 6.04 Å². The lowest BCUT2D eigenvalue weighted by molar-refractivity contribution is -0.890. The van der Waals surface area contributed by atoms with Crippen LogP contribution in [0.15, 0.2) is 54.6 Å². The summed E-state index contributed by atoms with van der Waals surface area (Å²) in [6.07, 6.45) is 3.31. The van der Waals surface area contributed by atoms with Crippen molar-refractivity contribution in [3.63, 3.8) is 0 Å². The average Bonchev–Trinajstić information content (AvgIpc) is 3.09. The minimum absolute atomic E-state index is 0.0981. The number of hydrogen-bond acceptors (Lipinski definition) is 4. The molecule has 1 atom stereocenters. The number of amides is 1. The van der Waals surface area contributed by atoms with Crippen molar-refractivity contribution in [2.24, 2.45) is 0 Å². The number of nitrogens with zero attached hydrogens (tertiary/aromatic N) is 1. The van der Waals surface area contributed by atoms with Crippen LogP contribution in [-0.4, -0.2) is 38.6 Å². The first-order valence-corrected chi connectivity index (χ1v) is 9.64. The minimum atomic E-state index is -0.129. The fourth-order valence-electron chi connectivity index (χ4n) is 2.95. The highest BCUT2D eigenvalue weighted by Gasteiger charge is 2.21. The molecule has 0 bridgehead atoms. The summed E-state index contributed by atoms with van der Waals surface area (Å²) < 4.78 is 6.59. The number of thiazole rings is 1. The largest absolute Gasteiger partial charge is 0.496 e. The highest BCUT2D eigenvalue weighted by Crippen LogP contribution is 2.23. The van der Waals surface area contributed by atoms with E-state index in [9.17, 15) is 4.79 Å². The van der Waals surface area contributed by atoms with Crippen LogP contribution in [0.4, 0.5) is 0 Å². The Labute approximate surface area is 163 Å². The molecule has 0 saturated carbocycles. The van der Waals surface area contributed by atoms with Crippen molar-refractivity contribution in [1.82, 2.24) is 10.3 Å². The van der Waals surface area contributed by atoms with Crippen LogP contribution in [0.1, 0.15) is 16.6 Å². The van der Waals surface area contributed by atoms with E-state index >= 15 is 0 Å². The molecule has 6 heteroatoms. The van der Waals surface area contributed by atoms with Gasteiger partial charge in [0.25, 0.3) is 0 Å². The van der Waals surface area contributed by atoms with E-state index in [-0.39, 0.29) is 11.9 Å². The first-order valence-electron chi connectivity index (χ1n) is 8.83. The van der Waals surface area contributed by atoms with Gasteiger partial charge in [-0.25, -0.2) is 4.98 Å². The standard InChI is InChI=1S/C21H23N3O2S/c1-24(2)17(15-8-4-6-10-18(15)26-3)14-22-20(25)12-13-21-23-16-9-5-7-11-19(16)27-21/h4-13,17H,14H2,1-3H3,(H,22,25)/p+1/b13-12+/t17-/m1/s1. The molecule has 0 fully saturated rings. The summed E-state index contributed by atoms with van der Waals surface area (Å²) in [5, 5.41) is 3.82. The monoisotopic (exact) mass is 382 g/mol. The number of quaternary nitrogens is 1. The topological polar surface area (TPSA) is 55.7 Å². The molecule has 0 saturated heterocycles. The molecule has 2 N–H and O–H groups in total. The summed E-state index contributed by atoms with van der Waals surface area (Å²) in [4.78, 5) is 18.0. The number of para-hydroxylation sites is 2. The molecule has 1 heterocycles. The van der Waals surface area contributed by atoms with Crippen LogP contribution in [0.25, 0.3) is 16.3 Å². The third-order valence-electron chi connectivity index (χ3n) is 4.38. The first kappa shape index (κ1) is 19.1. The van der Waals surface area contributed by atoms with Crippen molar-refractivity contribution in [3.05, 3.63) is 65.2 Å². The zero-order valence-corrected chi connectivity index (χ0v) is 16.5. The first-order chi connectivity index (χ1) is 13.1. The van der Waals surface area contributed by atoms with Gasteiger partial charge in [0.05, 0.1) is 43.5 Å². The predicted molar refractivity (Wildman–Crippen MR) is 110 cm³/mol. The van der Waals surface area contributed by atoms with E-state index in [2.05, 4.69) is 24.4 Å². The SMILES string of the molecule is COc1ccccc1[C@@H](CNC(=O)/C=C/c1nc2ccccc2s1)[NH+](C)C.